The Morgan fingerprint density at radius 3 is 2.32 bits per heavy atom. The van der Waals surface area contributed by atoms with Crippen molar-refractivity contribution in [2.45, 2.75) is 20.0 Å². The van der Waals surface area contributed by atoms with Gasteiger partial charge >= 0.3 is 5.97 Å². The van der Waals surface area contributed by atoms with E-state index in [1.54, 1.807) is 37.3 Å². The molecule has 1 amide bonds. The second kappa shape index (κ2) is 7.09. The van der Waals surface area contributed by atoms with Crippen molar-refractivity contribution in [2.75, 3.05) is 5.32 Å². The monoisotopic (exact) mass is 317 g/mol. The number of anilines is 1. The minimum absolute atomic E-state index is 0.164. The average molecular weight is 318 g/mol. The van der Waals surface area contributed by atoms with Gasteiger partial charge in [0.05, 0.1) is 5.56 Å². The van der Waals surface area contributed by atoms with Crippen LogP contribution in [0.2, 0.25) is 5.02 Å². The van der Waals surface area contributed by atoms with Crippen molar-refractivity contribution in [1.29, 1.82) is 0 Å². The fourth-order valence-corrected chi connectivity index (χ4v) is 2.28. The van der Waals surface area contributed by atoms with Crippen molar-refractivity contribution >= 4 is 29.2 Å². The predicted molar refractivity (Wildman–Crippen MR) is 86.0 cm³/mol. The van der Waals surface area contributed by atoms with Crippen molar-refractivity contribution in [3.8, 4) is 0 Å². The van der Waals surface area contributed by atoms with Crippen LogP contribution in [-0.4, -0.2) is 11.9 Å². The molecule has 4 nitrogen and oxygen atoms in total. The number of nitrogens with one attached hydrogen (secondary N) is 1. The Balaban J connectivity index is 2.06. The molecule has 2 aromatic rings. The summed E-state index contributed by atoms with van der Waals surface area (Å²) in [4.78, 5) is 23.1. The van der Waals surface area contributed by atoms with Crippen molar-refractivity contribution in [2.24, 2.45) is 0 Å². The molecule has 0 unspecified atom stereocenters. The first-order valence-electron chi connectivity index (χ1n) is 6.80. The summed E-state index contributed by atoms with van der Waals surface area (Å²) in [5.74, 6) is -0.607. The van der Waals surface area contributed by atoms with E-state index in [0.29, 0.717) is 16.3 Å². The molecule has 0 aliphatic rings. The molecule has 0 aliphatic carbocycles. The SMILES string of the molecule is CC(=O)Nc1ccc(C(=O)O[C@@H](C)c2ccccc2Cl)cc1. The zero-order valence-electron chi connectivity index (χ0n) is 12.3. The Morgan fingerprint density at radius 2 is 1.73 bits per heavy atom. The first-order valence-corrected chi connectivity index (χ1v) is 7.18. The molecule has 1 N–H and O–H groups in total. The summed E-state index contributed by atoms with van der Waals surface area (Å²) < 4.78 is 5.41. The van der Waals surface area contributed by atoms with Crippen molar-refractivity contribution < 1.29 is 14.3 Å². The van der Waals surface area contributed by atoms with Gasteiger partial charge in [-0.2, -0.15) is 0 Å². The van der Waals surface area contributed by atoms with Gasteiger partial charge in [-0.15, -0.1) is 0 Å². The van der Waals surface area contributed by atoms with E-state index >= 15 is 0 Å². The van der Waals surface area contributed by atoms with Crippen LogP contribution in [0, 0.1) is 0 Å². The smallest absolute Gasteiger partial charge is 0.338 e. The molecular weight excluding hydrogens is 302 g/mol. The number of benzene rings is 2. The van der Waals surface area contributed by atoms with Gasteiger partial charge in [0.1, 0.15) is 6.10 Å². The van der Waals surface area contributed by atoms with Gasteiger partial charge in [0, 0.05) is 23.2 Å². The van der Waals surface area contributed by atoms with Crippen LogP contribution in [-0.2, 0) is 9.53 Å². The summed E-state index contributed by atoms with van der Waals surface area (Å²) in [6.07, 6.45) is -0.448. The van der Waals surface area contributed by atoms with Crippen LogP contribution in [0.5, 0.6) is 0 Å². The summed E-state index contributed by atoms with van der Waals surface area (Å²) in [6, 6.07) is 13.7. The third-order valence-electron chi connectivity index (χ3n) is 3.07. The van der Waals surface area contributed by atoms with Gasteiger partial charge in [-0.25, -0.2) is 4.79 Å². The van der Waals surface area contributed by atoms with E-state index in [1.807, 2.05) is 18.2 Å². The van der Waals surface area contributed by atoms with Crippen LogP contribution in [0.15, 0.2) is 48.5 Å². The van der Waals surface area contributed by atoms with E-state index in [2.05, 4.69) is 5.32 Å². The van der Waals surface area contributed by atoms with Crippen molar-refractivity contribution in [3.63, 3.8) is 0 Å². The standard InChI is InChI=1S/C17H16ClNO3/c1-11(15-5-3-4-6-16(15)18)22-17(21)13-7-9-14(10-8-13)19-12(2)20/h3-11H,1-2H3,(H,19,20)/t11-/m0/s1. The molecule has 1 atom stereocenters. The Labute approximate surface area is 134 Å². The summed E-state index contributed by atoms with van der Waals surface area (Å²) in [7, 11) is 0. The molecule has 114 valence electrons. The fraction of sp³-hybridized carbons (Fsp3) is 0.176. The highest BCUT2D eigenvalue weighted by molar-refractivity contribution is 6.31. The van der Waals surface area contributed by atoms with Crippen molar-refractivity contribution in [1.82, 2.24) is 0 Å². The fourth-order valence-electron chi connectivity index (χ4n) is 1.99. The predicted octanol–water partition coefficient (Wildman–Crippen LogP) is 4.22. The second-order valence-electron chi connectivity index (χ2n) is 4.83. The van der Waals surface area contributed by atoms with Gasteiger partial charge in [0.15, 0.2) is 0 Å². The normalized spacial score (nSPS) is 11.6. The minimum atomic E-state index is -0.448. The molecule has 0 heterocycles. The Hall–Kier alpha value is -2.33. The lowest BCUT2D eigenvalue weighted by Gasteiger charge is -2.15. The van der Waals surface area contributed by atoms with E-state index in [0.717, 1.165) is 5.56 Å². The number of hydrogen-bond donors (Lipinski definition) is 1. The van der Waals surface area contributed by atoms with Gasteiger partial charge in [-0.3, -0.25) is 4.79 Å². The third kappa shape index (κ3) is 4.09. The quantitative estimate of drug-likeness (QED) is 0.859. The lowest BCUT2D eigenvalue weighted by atomic mass is 10.1. The van der Waals surface area contributed by atoms with Crippen LogP contribution in [0.25, 0.3) is 0 Å². The highest BCUT2D eigenvalue weighted by Gasteiger charge is 2.15. The molecular formula is C17H16ClNO3. The second-order valence-corrected chi connectivity index (χ2v) is 5.23. The Kier molecular flexibility index (Phi) is 5.17. The third-order valence-corrected chi connectivity index (χ3v) is 3.41. The number of hydrogen-bond acceptors (Lipinski definition) is 3. The zero-order chi connectivity index (χ0) is 16.1. The van der Waals surface area contributed by atoms with E-state index in [-0.39, 0.29) is 5.91 Å². The van der Waals surface area contributed by atoms with Crippen LogP contribution >= 0.6 is 11.6 Å². The number of esters is 1. The maximum Gasteiger partial charge on any atom is 0.338 e. The van der Waals surface area contributed by atoms with E-state index < -0.39 is 12.1 Å². The van der Waals surface area contributed by atoms with E-state index in [1.165, 1.54) is 6.92 Å². The maximum absolute atomic E-state index is 12.1. The highest BCUT2D eigenvalue weighted by Crippen LogP contribution is 2.26. The average Bonchev–Trinajstić information content (AvgIpc) is 2.47. The lowest BCUT2D eigenvalue weighted by molar-refractivity contribution is -0.114. The summed E-state index contributed by atoms with van der Waals surface area (Å²) in [5.41, 5.74) is 1.79. The molecule has 0 saturated heterocycles. The van der Waals surface area contributed by atoms with E-state index in [4.69, 9.17) is 16.3 Å². The van der Waals surface area contributed by atoms with Gasteiger partial charge in [-0.05, 0) is 37.3 Å². The number of ether oxygens (including phenoxy) is 1. The molecule has 0 aromatic heterocycles. The number of carbonyl (C=O) groups excluding carboxylic acids is 2. The molecule has 0 fully saturated rings. The minimum Gasteiger partial charge on any atom is -0.454 e. The molecule has 0 aliphatic heterocycles. The largest absolute Gasteiger partial charge is 0.454 e. The van der Waals surface area contributed by atoms with Crippen LogP contribution in [0.4, 0.5) is 5.69 Å². The molecule has 2 aromatic carbocycles. The first-order chi connectivity index (χ1) is 10.5. The zero-order valence-corrected chi connectivity index (χ0v) is 13.1. The van der Waals surface area contributed by atoms with Crippen LogP contribution in [0.1, 0.15) is 35.9 Å². The Morgan fingerprint density at radius 1 is 1.09 bits per heavy atom. The van der Waals surface area contributed by atoms with Gasteiger partial charge in [0.25, 0.3) is 0 Å². The molecule has 0 saturated carbocycles. The molecule has 0 spiro atoms. The van der Waals surface area contributed by atoms with Crippen LogP contribution < -0.4 is 5.32 Å². The number of halogens is 1. The topological polar surface area (TPSA) is 55.4 Å². The number of carbonyl (C=O) groups is 2. The summed E-state index contributed by atoms with van der Waals surface area (Å²) >= 11 is 6.09. The number of amides is 1. The molecule has 22 heavy (non-hydrogen) atoms. The van der Waals surface area contributed by atoms with E-state index in [9.17, 15) is 9.59 Å². The summed E-state index contributed by atoms with van der Waals surface area (Å²) in [5, 5.41) is 3.20. The Bertz CT molecular complexity index is 683. The van der Waals surface area contributed by atoms with Gasteiger partial charge < -0.3 is 10.1 Å². The van der Waals surface area contributed by atoms with Gasteiger partial charge in [0.2, 0.25) is 5.91 Å². The first kappa shape index (κ1) is 16.0. The lowest BCUT2D eigenvalue weighted by Crippen LogP contribution is -2.10. The van der Waals surface area contributed by atoms with Crippen LogP contribution in [0.3, 0.4) is 0 Å². The molecule has 5 heteroatoms. The molecule has 0 bridgehead atoms. The molecule has 0 radical (unpaired) electrons. The summed E-state index contributed by atoms with van der Waals surface area (Å²) in [6.45, 7) is 3.19. The van der Waals surface area contributed by atoms with Crippen molar-refractivity contribution in [3.05, 3.63) is 64.7 Å². The highest BCUT2D eigenvalue weighted by atomic mass is 35.5. The maximum atomic E-state index is 12.1. The molecule has 2 rings (SSSR count). The van der Waals surface area contributed by atoms with Gasteiger partial charge in [-0.1, -0.05) is 29.8 Å². The number of rotatable bonds is 4.